The number of benzene rings is 1. The number of alkyl halides is 6. The summed E-state index contributed by atoms with van der Waals surface area (Å²) in [5.41, 5.74) is -2.29. The molecule has 9 heteroatoms. The fourth-order valence-electron chi connectivity index (χ4n) is 1.40. The average Bonchev–Trinajstić information content (AvgIpc) is 2.13. The van der Waals surface area contributed by atoms with Crippen molar-refractivity contribution >= 4 is 11.7 Å². The van der Waals surface area contributed by atoms with Gasteiger partial charge in [0.05, 0.1) is 16.7 Å². The van der Waals surface area contributed by atoms with E-state index in [0.29, 0.717) is 12.1 Å². The number of carboxylic acids is 1. The lowest BCUT2D eigenvalue weighted by molar-refractivity contribution is -0.161. The van der Waals surface area contributed by atoms with Gasteiger partial charge < -0.3 is 10.8 Å². The molecule has 100 valence electrons. The second-order valence-corrected chi connectivity index (χ2v) is 3.25. The second kappa shape index (κ2) is 4.07. The van der Waals surface area contributed by atoms with E-state index in [4.69, 9.17) is 10.8 Å². The Balaban J connectivity index is 3.79. The first-order valence-corrected chi connectivity index (χ1v) is 4.26. The van der Waals surface area contributed by atoms with Gasteiger partial charge in [-0.3, -0.25) is 0 Å². The van der Waals surface area contributed by atoms with Crippen molar-refractivity contribution in [1.82, 2.24) is 0 Å². The van der Waals surface area contributed by atoms with Gasteiger partial charge in [0.25, 0.3) is 0 Å². The Morgan fingerprint density at radius 1 is 1.00 bits per heavy atom. The maximum Gasteiger partial charge on any atom is 0.419 e. The Bertz CT molecular complexity index is 491. The monoisotopic (exact) mass is 273 g/mol. The molecular weight excluding hydrogens is 268 g/mol. The topological polar surface area (TPSA) is 63.3 Å². The lowest BCUT2D eigenvalue weighted by Gasteiger charge is -2.19. The van der Waals surface area contributed by atoms with E-state index in [1.165, 1.54) is 0 Å². The van der Waals surface area contributed by atoms with Gasteiger partial charge in [-0.1, -0.05) is 0 Å². The predicted octanol–water partition coefficient (Wildman–Crippen LogP) is 3.00. The fourth-order valence-corrected chi connectivity index (χ4v) is 1.40. The van der Waals surface area contributed by atoms with Gasteiger partial charge in [0.15, 0.2) is 0 Å². The summed E-state index contributed by atoms with van der Waals surface area (Å²) in [6, 6.07) is 0.858. The summed E-state index contributed by atoms with van der Waals surface area (Å²) in [5, 5.41) is 8.50. The number of carboxylic acid groups (broad SMARTS) is 1. The molecule has 0 unspecified atom stereocenters. The third-order valence-electron chi connectivity index (χ3n) is 2.03. The number of aromatic carboxylic acids is 1. The van der Waals surface area contributed by atoms with E-state index in [1.807, 2.05) is 0 Å². The molecule has 0 heterocycles. The molecule has 0 aliphatic heterocycles. The molecule has 0 aliphatic carbocycles. The molecule has 18 heavy (non-hydrogen) atoms. The van der Waals surface area contributed by atoms with Crippen LogP contribution in [0.25, 0.3) is 0 Å². The zero-order valence-electron chi connectivity index (χ0n) is 8.36. The number of rotatable bonds is 1. The molecule has 0 saturated heterocycles. The Kier molecular flexibility index (Phi) is 3.20. The minimum Gasteiger partial charge on any atom is -0.478 e. The molecule has 1 aromatic carbocycles. The quantitative estimate of drug-likeness (QED) is 0.610. The van der Waals surface area contributed by atoms with Crippen LogP contribution in [0.2, 0.25) is 0 Å². The van der Waals surface area contributed by atoms with Crippen LogP contribution in [0.15, 0.2) is 12.1 Å². The molecule has 1 aromatic rings. The van der Waals surface area contributed by atoms with Gasteiger partial charge in [-0.15, -0.1) is 0 Å². The molecule has 0 amide bonds. The Labute approximate surface area is 95.8 Å². The van der Waals surface area contributed by atoms with Gasteiger partial charge in [-0.2, -0.15) is 26.3 Å². The van der Waals surface area contributed by atoms with Crippen molar-refractivity contribution in [3.8, 4) is 0 Å². The number of hydrogen-bond acceptors (Lipinski definition) is 2. The van der Waals surface area contributed by atoms with E-state index in [0.717, 1.165) is 0 Å². The summed E-state index contributed by atoms with van der Waals surface area (Å²) < 4.78 is 75.2. The molecule has 0 aromatic heterocycles. The van der Waals surface area contributed by atoms with Crippen LogP contribution in [-0.2, 0) is 12.4 Å². The van der Waals surface area contributed by atoms with E-state index >= 15 is 0 Å². The van der Waals surface area contributed by atoms with Gasteiger partial charge in [0.2, 0.25) is 0 Å². The van der Waals surface area contributed by atoms with Crippen LogP contribution in [0.1, 0.15) is 21.5 Å². The van der Waals surface area contributed by atoms with E-state index in [2.05, 4.69) is 0 Å². The van der Waals surface area contributed by atoms with Gasteiger partial charge in [-0.05, 0) is 12.1 Å². The molecule has 0 saturated carbocycles. The van der Waals surface area contributed by atoms with Crippen molar-refractivity contribution in [2.75, 3.05) is 5.73 Å². The highest BCUT2D eigenvalue weighted by Gasteiger charge is 2.47. The normalized spacial score (nSPS) is 12.6. The molecule has 3 nitrogen and oxygen atoms in total. The van der Waals surface area contributed by atoms with Crippen LogP contribution in [0, 0.1) is 0 Å². The summed E-state index contributed by atoms with van der Waals surface area (Å²) >= 11 is 0. The van der Waals surface area contributed by atoms with Crippen molar-refractivity contribution in [3.05, 3.63) is 28.8 Å². The fraction of sp³-hybridized carbons (Fsp3) is 0.222. The first-order valence-electron chi connectivity index (χ1n) is 4.26. The number of halogens is 6. The Hall–Kier alpha value is -1.93. The van der Waals surface area contributed by atoms with E-state index in [1.54, 1.807) is 0 Å². The maximum absolute atomic E-state index is 12.6. The predicted molar refractivity (Wildman–Crippen MR) is 47.8 cm³/mol. The van der Waals surface area contributed by atoms with Crippen molar-refractivity contribution in [3.63, 3.8) is 0 Å². The summed E-state index contributed by atoms with van der Waals surface area (Å²) in [6.07, 6.45) is -10.9. The first kappa shape index (κ1) is 14.1. The second-order valence-electron chi connectivity index (χ2n) is 3.25. The van der Waals surface area contributed by atoms with Gasteiger partial charge in [0.1, 0.15) is 0 Å². The number of carbonyl (C=O) groups is 1. The number of hydrogen-bond donors (Lipinski definition) is 2. The molecule has 0 atom stereocenters. The van der Waals surface area contributed by atoms with Crippen molar-refractivity contribution < 1.29 is 36.2 Å². The number of nitrogens with two attached hydrogens (primary N) is 1. The maximum atomic E-state index is 12.6. The molecule has 0 fully saturated rings. The van der Waals surface area contributed by atoms with Crippen LogP contribution in [-0.4, -0.2) is 11.1 Å². The molecule has 0 bridgehead atoms. The average molecular weight is 273 g/mol. The number of anilines is 1. The standard InChI is InChI=1S/C9H5F6NO2/c10-8(11,12)5-3(7(17)18)1-2-4(16)6(5)9(13,14)15/h1-2H,16H2,(H,17,18). The van der Waals surface area contributed by atoms with Gasteiger partial charge in [0, 0.05) is 5.69 Å². The molecule has 0 aliphatic rings. The van der Waals surface area contributed by atoms with E-state index in [9.17, 15) is 31.1 Å². The summed E-state index contributed by atoms with van der Waals surface area (Å²) in [7, 11) is 0. The highest BCUT2D eigenvalue weighted by atomic mass is 19.4. The van der Waals surface area contributed by atoms with E-state index < -0.39 is 40.7 Å². The van der Waals surface area contributed by atoms with Crippen LogP contribution >= 0.6 is 0 Å². The third-order valence-corrected chi connectivity index (χ3v) is 2.03. The van der Waals surface area contributed by atoms with Gasteiger partial charge in [-0.25, -0.2) is 4.79 Å². The highest BCUT2D eigenvalue weighted by molar-refractivity contribution is 5.91. The summed E-state index contributed by atoms with van der Waals surface area (Å²) in [4.78, 5) is 10.6. The molecule has 0 radical (unpaired) electrons. The zero-order valence-corrected chi connectivity index (χ0v) is 8.36. The van der Waals surface area contributed by atoms with Crippen molar-refractivity contribution in [2.45, 2.75) is 12.4 Å². The molecular formula is C9H5F6NO2. The lowest BCUT2D eigenvalue weighted by atomic mass is 9.98. The van der Waals surface area contributed by atoms with Crippen molar-refractivity contribution in [1.29, 1.82) is 0 Å². The minimum atomic E-state index is -5.48. The Morgan fingerprint density at radius 3 is 1.78 bits per heavy atom. The molecule has 1 rings (SSSR count). The van der Waals surface area contributed by atoms with Crippen molar-refractivity contribution in [2.24, 2.45) is 0 Å². The smallest absolute Gasteiger partial charge is 0.419 e. The highest BCUT2D eigenvalue weighted by Crippen LogP contribution is 2.44. The first-order chi connectivity index (χ1) is 7.96. The molecule has 0 spiro atoms. The SMILES string of the molecule is Nc1ccc(C(=O)O)c(C(F)(F)F)c1C(F)(F)F. The molecule has 3 N–H and O–H groups in total. The van der Waals surface area contributed by atoms with Gasteiger partial charge >= 0.3 is 18.3 Å². The third kappa shape index (κ3) is 2.49. The Morgan fingerprint density at radius 2 is 1.44 bits per heavy atom. The summed E-state index contributed by atoms with van der Waals surface area (Å²) in [6.45, 7) is 0. The lowest BCUT2D eigenvalue weighted by Crippen LogP contribution is -2.22. The summed E-state index contributed by atoms with van der Waals surface area (Å²) in [5.74, 6) is -2.12. The van der Waals surface area contributed by atoms with Crippen LogP contribution < -0.4 is 5.73 Å². The number of nitrogen functional groups attached to an aromatic ring is 1. The van der Waals surface area contributed by atoms with Crippen LogP contribution in [0.3, 0.4) is 0 Å². The van der Waals surface area contributed by atoms with Crippen LogP contribution in [0.5, 0.6) is 0 Å². The van der Waals surface area contributed by atoms with E-state index in [-0.39, 0.29) is 0 Å². The zero-order chi connectivity index (χ0) is 14.3. The minimum absolute atomic E-state index is 0.385. The van der Waals surface area contributed by atoms with Crippen LogP contribution in [0.4, 0.5) is 32.0 Å². The largest absolute Gasteiger partial charge is 0.478 e.